The molecule has 0 atom stereocenters. The Bertz CT molecular complexity index is 1210. The summed E-state index contributed by atoms with van der Waals surface area (Å²) in [5.74, 6) is -0.249. The third-order valence-corrected chi connectivity index (χ3v) is 4.31. The lowest BCUT2D eigenvalue weighted by molar-refractivity contribution is 0.0700. The van der Waals surface area contributed by atoms with E-state index in [1.165, 1.54) is 0 Å². The van der Waals surface area contributed by atoms with E-state index in [0.29, 0.717) is 27.9 Å². The van der Waals surface area contributed by atoms with Crippen LogP contribution in [0.2, 0.25) is 0 Å². The van der Waals surface area contributed by atoms with E-state index in [9.17, 15) is 9.90 Å². The van der Waals surface area contributed by atoms with Crippen molar-refractivity contribution in [2.45, 2.75) is 6.61 Å². The summed E-state index contributed by atoms with van der Waals surface area (Å²) in [6.45, 7) is 0.0958. The molecule has 7 heteroatoms. The number of hydrogen-bond donors (Lipinski definition) is 1. The summed E-state index contributed by atoms with van der Waals surface area (Å²) < 4.78 is 13.2. The molecular weight excluding hydrogens is 358 g/mol. The Morgan fingerprint density at radius 3 is 2.82 bits per heavy atom. The number of nitriles is 1. The van der Waals surface area contributed by atoms with Gasteiger partial charge in [-0.1, -0.05) is 12.1 Å². The number of fused-ring (bicyclic) bond motifs is 3. The highest BCUT2D eigenvalue weighted by atomic mass is 16.5. The standard InChI is InChI=1S/C21H15N3O4/c22-6-9-27-15-10-17-19(18(11-15)28-13-14-4-3-7-23-12-14)20(21(25)26)16-5-1-2-8-24(16)17/h1-5,7-8,10-12H,9,13H2,(H,25,26). The third-order valence-electron chi connectivity index (χ3n) is 4.31. The maximum absolute atomic E-state index is 12.0. The van der Waals surface area contributed by atoms with Crippen molar-refractivity contribution in [1.29, 1.82) is 5.26 Å². The van der Waals surface area contributed by atoms with Crippen LogP contribution in [0.5, 0.6) is 11.5 Å². The Hall–Kier alpha value is -4.05. The summed E-state index contributed by atoms with van der Waals surface area (Å²) in [6, 6.07) is 14.3. The van der Waals surface area contributed by atoms with Crippen LogP contribution in [0, 0.1) is 11.3 Å². The molecule has 0 aliphatic rings. The number of aromatic carboxylic acids is 1. The van der Waals surface area contributed by atoms with Crippen molar-refractivity contribution in [3.05, 3.63) is 72.2 Å². The van der Waals surface area contributed by atoms with Crippen LogP contribution in [-0.2, 0) is 6.61 Å². The third kappa shape index (κ3) is 3.08. The SMILES string of the molecule is N#CCOc1cc(OCc2cccnc2)c2c(C(=O)O)c3ccccn3c2c1. The summed E-state index contributed by atoms with van der Waals surface area (Å²) in [5, 5.41) is 19.1. The number of ether oxygens (including phenoxy) is 2. The van der Waals surface area contributed by atoms with Gasteiger partial charge in [-0.15, -0.1) is 0 Å². The van der Waals surface area contributed by atoms with Gasteiger partial charge in [0.25, 0.3) is 0 Å². The quantitative estimate of drug-likeness (QED) is 0.554. The van der Waals surface area contributed by atoms with Crippen LogP contribution in [0.1, 0.15) is 15.9 Å². The van der Waals surface area contributed by atoms with Crippen LogP contribution in [-0.4, -0.2) is 27.1 Å². The van der Waals surface area contributed by atoms with Gasteiger partial charge in [-0.05, 0) is 18.2 Å². The highest BCUT2D eigenvalue weighted by Crippen LogP contribution is 2.38. The zero-order chi connectivity index (χ0) is 19.5. The molecule has 4 rings (SSSR count). The fourth-order valence-electron chi connectivity index (χ4n) is 3.18. The topological polar surface area (TPSA) is 96.9 Å². The molecule has 7 nitrogen and oxygen atoms in total. The van der Waals surface area contributed by atoms with Gasteiger partial charge in [0.1, 0.15) is 24.2 Å². The summed E-state index contributed by atoms with van der Waals surface area (Å²) in [7, 11) is 0. The first-order valence-corrected chi connectivity index (χ1v) is 8.50. The highest BCUT2D eigenvalue weighted by molar-refractivity contribution is 6.13. The van der Waals surface area contributed by atoms with Gasteiger partial charge in [-0.25, -0.2) is 4.79 Å². The number of carboxylic acid groups (broad SMARTS) is 1. The number of carbonyl (C=O) groups is 1. The molecule has 0 unspecified atom stereocenters. The molecule has 3 heterocycles. The molecule has 138 valence electrons. The smallest absolute Gasteiger partial charge is 0.338 e. The van der Waals surface area contributed by atoms with Crippen LogP contribution < -0.4 is 9.47 Å². The Morgan fingerprint density at radius 1 is 1.18 bits per heavy atom. The predicted molar refractivity (Wildman–Crippen MR) is 102 cm³/mol. The molecule has 0 aliphatic heterocycles. The van der Waals surface area contributed by atoms with Crippen molar-refractivity contribution >= 4 is 22.4 Å². The van der Waals surface area contributed by atoms with E-state index in [2.05, 4.69) is 4.98 Å². The first kappa shape index (κ1) is 17.4. The van der Waals surface area contributed by atoms with Crippen LogP contribution in [0.3, 0.4) is 0 Å². The molecule has 0 radical (unpaired) electrons. The van der Waals surface area contributed by atoms with Gasteiger partial charge in [-0.3, -0.25) is 4.98 Å². The zero-order valence-corrected chi connectivity index (χ0v) is 14.7. The van der Waals surface area contributed by atoms with Crippen LogP contribution in [0.15, 0.2) is 61.1 Å². The molecule has 28 heavy (non-hydrogen) atoms. The van der Waals surface area contributed by atoms with Crippen molar-refractivity contribution in [2.75, 3.05) is 6.61 Å². The lowest BCUT2D eigenvalue weighted by Gasteiger charge is -2.11. The van der Waals surface area contributed by atoms with Crippen LogP contribution in [0.4, 0.5) is 0 Å². The average Bonchev–Trinajstić information content (AvgIpc) is 3.06. The summed E-state index contributed by atoms with van der Waals surface area (Å²) in [6.07, 6.45) is 5.13. The van der Waals surface area contributed by atoms with E-state index < -0.39 is 5.97 Å². The minimum atomic E-state index is -1.05. The van der Waals surface area contributed by atoms with Gasteiger partial charge in [-0.2, -0.15) is 5.26 Å². The molecule has 0 saturated heterocycles. The van der Waals surface area contributed by atoms with Crippen molar-refractivity contribution in [3.8, 4) is 17.6 Å². The van der Waals surface area contributed by atoms with E-state index in [0.717, 1.165) is 5.56 Å². The number of aromatic nitrogens is 2. The van der Waals surface area contributed by atoms with Crippen molar-refractivity contribution in [3.63, 3.8) is 0 Å². The maximum atomic E-state index is 12.0. The Morgan fingerprint density at radius 2 is 2.07 bits per heavy atom. The summed E-state index contributed by atoms with van der Waals surface area (Å²) in [4.78, 5) is 16.1. The normalized spacial score (nSPS) is 10.7. The second-order valence-corrected chi connectivity index (χ2v) is 6.05. The van der Waals surface area contributed by atoms with Crippen LogP contribution >= 0.6 is 0 Å². The Kier molecular flexibility index (Phi) is 4.52. The lowest BCUT2D eigenvalue weighted by atomic mass is 10.1. The fraction of sp³-hybridized carbons (Fsp3) is 0.0952. The molecule has 1 aromatic carbocycles. The van der Waals surface area contributed by atoms with E-state index >= 15 is 0 Å². The summed E-state index contributed by atoms with van der Waals surface area (Å²) in [5.41, 5.74) is 2.18. The summed E-state index contributed by atoms with van der Waals surface area (Å²) >= 11 is 0. The Balaban J connectivity index is 1.92. The zero-order valence-electron chi connectivity index (χ0n) is 14.7. The van der Waals surface area contributed by atoms with Gasteiger partial charge in [0.15, 0.2) is 6.61 Å². The molecule has 3 aromatic heterocycles. The first-order chi connectivity index (χ1) is 13.7. The van der Waals surface area contributed by atoms with Gasteiger partial charge in [0.2, 0.25) is 0 Å². The number of pyridine rings is 2. The molecular formula is C21H15N3O4. The lowest BCUT2D eigenvalue weighted by Crippen LogP contribution is -2.01. The van der Waals surface area contributed by atoms with Gasteiger partial charge < -0.3 is 19.0 Å². The number of carboxylic acids is 1. The molecule has 4 aromatic rings. The van der Waals surface area contributed by atoms with E-state index in [1.807, 2.05) is 18.2 Å². The number of hydrogen-bond acceptors (Lipinski definition) is 5. The average molecular weight is 373 g/mol. The van der Waals surface area contributed by atoms with Crippen molar-refractivity contribution in [1.82, 2.24) is 9.38 Å². The number of nitrogens with zero attached hydrogens (tertiary/aromatic N) is 3. The number of benzene rings is 1. The molecule has 1 N–H and O–H groups in total. The maximum Gasteiger partial charge on any atom is 0.338 e. The highest BCUT2D eigenvalue weighted by Gasteiger charge is 2.22. The van der Waals surface area contributed by atoms with E-state index in [4.69, 9.17) is 14.7 Å². The predicted octanol–water partition coefficient (Wildman–Crippen LogP) is 3.67. The van der Waals surface area contributed by atoms with E-state index in [-0.39, 0.29) is 18.8 Å². The molecule has 0 aliphatic carbocycles. The van der Waals surface area contributed by atoms with Gasteiger partial charge in [0, 0.05) is 36.3 Å². The van der Waals surface area contributed by atoms with Gasteiger partial charge >= 0.3 is 5.97 Å². The second-order valence-electron chi connectivity index (χ2n) is 6.05. The minimum absolute atomic E-state index is 0.122. The molecule has 0 bridgehead atoms. The second kappa shape index (κ2) is 7.29. The monoisotopic (exact) mass is 373 g/mol. The molecule has 0 saturated carbocycles. The molecule has 0 spiro atoms. The largest absolute Gasteiger partial charge is 0.488 e. The fourth-order valence-corrected chi connectivity index (χ4v) is 3.18. The van der Waals surface area contributed by atoms with Crippen molar-refractivity contribution in [2.24, 2.45) is 0 Å². The first-order valence-electron chi connectivity index (χ1n) is 8.50. The molecule has 0 fully saturated rings. The van der Waals surface area contributed by atoms with Crippen molar-refractivity contribution < 1.29 is 19.4 Å². The van der Waals surface area contributed by atoms with Gasteiger partial charge in [0.05, 0.1) is 22.0 Å². The van der Waals surface area contributed by atoms with Crippen LogP contribution in [0.25, 0.3) is 16.4 Å². The minimum Gasteiger partial charge on any atom is -0.488 e. The van der Waals surface area contributed by atoms with E-state index in [1.54, 1.807) is 53.3 Å². The molecule has 0 amide bonds. The number of rotatable bonds is 6. The Labute approximate surface area is 160 Å².